The van der Waals surface area contributed by atoms with E-state index >= 15 is 0 Å². The third-order valence-electron chi connectivity index (χ3n) is 5.84. The van der Waals surface area contributed by atoms with Crippen LogP contribution in [-0.4, -0.2) is 80.0 Å². The summed E-state index contributed by atoms with van der Waals surface area (Å²) in [6.07, 6.45) is -4.43. The third kappa shape index (κ3) is 10.6. The quantitative estimate of drug-likeness (QED) is 0.541. The fourth-order valence-corrected chi connectivity index (χ4v) is 3.99. The van der Waals surface area contributed by atoms with Gasteiger partial charge in [0.25, 0.3) is 0 Å². The van der Waals surface area contributed by atoms with Gasteiger partial charge < -0.3 is 14.8 Å². The van der Waals surface area contributed by atoms with Crippen LogP contribution in [0.25, 0.3) is 0 Å². The van der Waals surface area contributed by atoms with Gasteiger partial charge in [0.2, 0.25) is 0 Å². The lowest BCUT2D eigenvalue weighted by Crippen LogP contribution is -2.27. The largest absolute Gasteiger partial charge is 0.490 e. The number of halogens is 6. The Morgan fingerprint density at radius 1 is 0.897 bits per heavy atom. The molecule has 4 rings (SSSR count). The van der Waals surface area contributed by atoms with Crippen molar-refractivity contribution in [2.24, 2.45) is 0 Å². The number of hydrogen-bond acceptors (Lipinski definition) is 6. The van der Waals surface area contributed by atoms with Gasteiger partial charge in [0.1, 0.15) is 5.82 Å². The van der Waals surface area contributed by atoms with Gasteiger partial charge in [0.15, 0.2) is 0 Å². The predicted octanol–water partition coefficient (Wildman–Crippen LogP) is 3.68. The summed E-state index contributed by atoms with van der Waals surface area (Å²) in [6, 6.07) is 10.2. The van der Waals surface area contributed by atoms with Crippen LogP contribution in [0.5, 0.6) is 0 Å². The number of imidazole rings is 1. The molecule has 1 aromatic carbocycles. The highest BCUT2D eigenvalue weighted by molar-refractivity contribution is 5.73. The van der Waals surface area contributed by atoms with Gasteiger partial charge in [0.05, 0.1) is 17.3 Å². The first-order chi connectivity index (χ1) is 18.2. The Labute approximate surface area is 219 Å². The van der Waals surface area contributed by atoms with Crippen LogP contribution in [0.15, 0.2) is 30.5 Å². The summed E-state index contributed by atoms with van der Waals surface area (Å²) in [6.45, 7) is 7.46. The minimum Gasteiger partial charge on any atom is -0.475 e. The topological polar surface area (TPSA) is 123 Å². The summed E-state index contributed by atoms with van der Waals surface area (Å²) >= 11 is 0. The Hall–Kier alpha value is -3.64. The molecule has 2 aromatic rings. The van der Waals surface area contributed by atoms with Gasteiger partial charge in [-0.1, -0.05) is 12.1 Å². The fourth-order valence-electron chi connectivity index (χ4n) is 3.99. The number of carboxylic acids is 2. The van der Waals surface area contributed by atoms with Crippen LogP contribution in [0.4, 0.5) is 26.3 Å². The second-order valence-corrected chi connectivity index (χ2v) is 8.74. The van der Waals surface area contributed by atoms with Crippen molar-refractivity contribution in [3.05, 3.63) is 53.1 Å². The average Bonchev–Trinajstić information content (AvgIpc) is 3.46. The zero-order valence-corrected chi connectivity index (χ0v) is 20.7. The van der Waals surface area contributed by atoms with Gasteiger partial charge in [-0.25, -0.2) is 14.6 Å². The first-order valence-electron chi connectivity index (χ1n) is 11.8. The van der Waals surface area contributed by atoms with E-state index < -0.39 is 24.3 Å². The average molecular weight is 563 g/mol. The lowest BCUT2D eigenvalue weighted by Gasteiger charge is -2.20. The lowest BCUT2D eigenvalue weighted by atomic mass is 10.1. The number of likely N-dealkylation sites (tertiary alicyclic amines) is 1. The number of alkyl halides is 6. The Kier molecular flexibility index (Phi) is 11.3. The lowest BCUT2D eigenvalue weighted by molar-refractivity contribution is -0.193. The molecule has 0 bridgehead atoms. The number of benzene rings is 1. The molecule has 0 saturated carbocycles. The Morgan fingerprint density at radius 3 is 2.00 bits per heavy atom. The molecule has 2 aliphatic rings. The highest BCUT2D eigenvalue weighted by Crippen LogP contribution is 2.18. The van der Waals surface area contributed by atoms with Gasteiger partial charge in [-0.15, -0.1) is 0 Å². The molecule has 3 heterocycles. The van der Waals surface area contributed by atoms with E-state index in [9.17, 15) is 26.3 Å². The molecule has 1 fully saturated rings. The maximum absolute atomic E-state index is 10.6. The number of nitriles is 1. The van der Waals surface area contributed by atoms with Crippen molar-refractivity contribution in [1.82, 2.24) is 19.4 Å². The van der Waals surface area contributed by atoms with Gasteiger partial charge in [0, 0.05) is 45.3 Å². The van der Waals surface area contributed by atoms with Crippen molar-refractivity contribution < 1.29 is 46.1 Å². The molecule has 2 N–H and O–H groups in total. The number of aliphatic carboxylic acids is 2. The molecule has 2 aliphatic heterocycles. The summed E-state index contributed by atoms with van der Waals surface area (Å²) in [4.78, 5) is 27.5. The number of aromatic nitrogens is 2. The van der Waals surface area contributed by atoms with E-state index in [1.165, 1.54) is 43.0 Å². The monoisotopic (exact) mass is 563 g/mol. The summed E-state index contributed by atoms with van der Waals surface area (Å²) in [7, 11) is 0. The molecule has 0 radical (unpaired) electrons. The molecule has 0 amide bonds. The fraction of sp³-hybridized carbons (Fsp3) is 0.500. The van der Waals surface area contributed by atoms with Crippen molar-refractivity contribution in [2.75, 3.05) is 26.2 Å². The second kappa shape index (κ2) is 13.9. The minimum atomic E-state index is -5.08. The smallest absolute Gasteiger partial charge is 0.475 e. The molecular weight excluding hydrogens is 536 g/mol. The number of carboxylic acid groups (broad SMARTS) is 2. The van der Waals surface area contributed by atoms with Crippen LogP contribution in [0.1, 0.15) is 35.5 Å². The predicted molar refractivity (Wildman–Crippen MR) is 124 cm³/mol. The standard InChI is InChI=1S/C20H25N5.2C2HF3O2/c21-13-17-4-3-5-18(12-17)15-24-9-6-20-22-14-19(25(20)11-10-24)16-23-7-1-2-8-23;2*3-2(4,5)1(6)7/h3-5,12,14H,1-2,6-11,15-16H2;2*(H,6,7). The normalized spacial score (nSPS) is 16.0. The van der Waals surface area contributed by atoms with E-state index in [-0.39, 0.29) is 0 Å². The van der Waals surface area contributed by atoms with Crippen molar-refractivity contribution in [3.8, 4) is 6.07 Å². The summed E-state index contributed by atoms with van der Waals surface area (Å²) in [5.41, 5.74) is 3.33. The van der Waals surface area contributed by atoms with E-state index in [0.29, 0.717) is 0 Å². The first-order valence-corrected chi connectivity index (χ1v) is 11.8. The zero-order chi connectivity index (χ0) is 29.2. The molecule has 15 heteroatoms. The number of rotatable bonds is 4. The highest BCUT2D eigenvalue weighted by Gasteiger charge is 2.38. The molecule has 9 nitrogen and oxygen atoms in total. The first kappa shape index (κ1) is 31.6. The van der Waals surface area contributed by atoms with Crippen LogP contribution in [0, 0.1) is 11.3 Å². The summed E-state index contributed by atoms with van der Waals surface area (Å²) in [5, 5.41) is 23.3. The summed E-state index contributed by atoms with van der Waals surface area (Å²) in [5.74, 6) is -4.29. The molecular formula is C24H27F6N5O4. The van der Waals surface area contributed by atoms with Crippen LogP contribution >= 0.6 is 0 Å². The van der Waals surface area contributed by atoms with E-state index in [1.54, 1.807) is 0 Å². The van der Waals surface area contributed by atoms with Crippen LogP contribution in [-0.2, 0) is 35.6 Å². The number of carbonyl (C=O) groups is 2. The molecule has 0 unspecified atom stereocenters. The van der Waals surface area contributed by atoms with Crippen LogP contribution < -0.4 is 0 Å². The van der Waals surface area contributed by atoms with Crippen LogP contribution in [0.2, 0.25) is 0 Å². The molecule has 1 aromatic heterocycles. The Balaban J connectivity index is 0.000000317. The molecule has 1 saturated heterocycles. The van der Waals surface area contributed by atoms with Crippen molar-refractivity contribution in [1.29, 1.82) is 5.26 Å². The highest BCUT2D eigenvalue weighted by atomic mass is 19.4. The second-order valence-electron chi connectivity index (χ2n) is 8.74. The van der Waals surface area contributed by atoms with Gasteiger partial charge >= 0.3 is 24.3 Å². The maximum atomic E-state index is 10.6. The number of nitrogens with zero attached hydrogens (tertiary/aromatic N) is 5. The molecule has 39 heavy (non-hydrogen) atoms. The molecule has 0 atom stereocenters. The van der Waals surface area contributed by atoms with Crippen LogP contribution in [0.3, 0.4) is 0 Å². The number of fused-ring (bicyclic) bond motifs is 1. The Bertz CT molecular complexity index is 1130. The zero-order valence-electron chi connectivity index (χ0n) is 20.7. The molecule has 0 spiro atoms. The molecule has 214 valence electrons. The Morgan fingerprint density at radius 2 is 1.46 bits per heavy atom. The summed E-state index contributed by atoms with van der Waals surface area (Å²) < 4.78 is 65.9. The van der Waals surface area contributed by atoms with Crippen molar-refractivity contribution >= 4 is 11.9 Å². The van der Waals surface area contributed by atoms with E-state index in [2.05, 4.69) is 32.7 Å². The van der Waals surface area contributed by atoms with Crippen molar-refractivity contribution in [3.63, 3.8) is 0 Å². The SMILES string of the molecule is N#Cc1cccc(CN2CCc3ncc(CN4CCCC4)n3CC2)c1.O=C(O)C(F)(F)F.O=C(O)C(F)(F)F. The number of hydrogen-bond donors (Lipinski definition) is 2. The third-order valence-corrected chi connectivity index (χ3v) is 5.84. The van der Waals surface area contributed by atoms with E-state index in [0.717, 1.165) is 44.7 Å². The van der Waals surface area contributed by atoms with E-state index in [1.807, 2.05) is 18.2 Å². The van der Waals surface area contributed by atoms with Gasteiger partial charge in [-0.3, -0.25) is 9.80 Å². The maximum Gasteiger partial charge on any atom is 0.490 e. The molecule has 0 aliphatic carbocycles. The minimum absolute atomic E-state index is 0.744. The van der Waals surface area contributed by atoms with Gasteiger partial charge in [-0.2, -0.15) is 31.6 Å². The van der Waals surface area contributed by atoms with Crippen molar-refractivity contribution in [2.45, 2.75) is 51.2 Å². The van der Waals surface area contributed by atoms with E-state index in [4.69, 9.17) is 30.0 Å². The van der Waals surface area contributed by atoms with Gasteiger partial charge in [-0.05, 0) is 43.6 Å².